The summed E-state index contributed by atoms with van der Waals surface area (Å²) in [5, 5.41) is 15.1. The molecule has 2 fully saturated rings. The number of urea groups is 1. The van der Waals surface area contributed by atoms with Crippen molar-refractivity contribution in [3.8, 4) is 27.5 Å². The quantitative estimate of drug-likeness (QED) is 0.215. The first-order valence-electron chi connectivity index (χ1n) is 15.5. The van der Waals surface area contributed by atoms with E-state index in [1.54, 1.807) is 6.07 Å². The lowest BCUT2D eigenvalue weighted by Gasteiger charge is -2.36. The summed E-state index contributed by atoms with van der Waals surface area (Å²) in [4.78, 5) is 33.0. The highest BCUT2D eigenvalue weighted by molar-refractivity contribution is 7.19. The predicted octanol–water partition coefficient (Wildman–Crippen LogP) is 6.90. The van der Waals surface area contributed by atoms with Crippen LogP contribution >= 0.6 is 22.9 Å². The summed E-state index contributed by atoms with van der Waals surface area (Å²) in [5.74, 6) is -0.153. The van der Waals surface area contributed by atoms with E-state index in [1.807, 2.05) is 35.0 Å². The molecule has 3 heterocycles. The molecular weight excluding hydrogens is 594 g/mol. The van der Waals surface area contributed by atoms with Gasteiger partial charge in [0.15, 0.2) is 5.13 Å². The van der Waals surface area contributed by atoms with Gasteiger partial charge in [-0.2, -0.15) is 5.10 Å². The second kappa shape index (κ2) is 12.3. The van der Waals surface area contributed by atoms with Gasteiger partial charge in [0.1, 0.15) is 0 Å². The number of halogens is 1. The van der Waals surface area contributed by atoms with Gasteiger partial charge in [-0.3, -0.25) is 4.79 Å². The third-order valence-electron chi connectivity index (χ3n) is 8.98. The van der Waals surface area contributed by atoms with Crippen LogP contribution in [0.2, 0.25) is 5.02 Å². The lowest BCUT2D eigenvalue weighted by atomic mass is 9.95. The van der Waals surface area contributed by atoms with E-state index in [-0.39, 0.29) is 18.0 Å². The second-order valence-corrected chi connectivity index (χ2v) is 13.3. The van der Waals surface area contributed by atoms with Crippen molar-refractivity contribution in [2.75, 3.05) is 23.7 Å². The van der Waals surface area contributed by atoms with Crippen LogP contribution in [0.1, 0.15) is 56.7 Å². The van der Waals surface area contributed by atoms with Gasteiger partial charge in [-0.15, -0.1) is 0 Å². The summed E-state index contributed by atoms with van der Waals surface area (Å²) in [7, 11) is 0. The second-order valence-electron chi connectivity index (χ2n) is 11.9. The molecule has 2 aromatic carbocycles. The number of aryl methyl sites for hydroxylation is 1. The molecule has 7 rings (SSSR count). The molecule has 1 saturated carbocycles. The molecular formula is C33H36ClN7O2S. The predicted molar refractivity (Wildman–Crippen MR) is 176 cm³/mol. The summed E-state index contributed by atoms with van der Waals surface area (Å²) in [6.07, 6.45) is 8.79. The average Bonchev–Trinajstić information content (AvgIpc) is 3.77. The Morgan fingerprint density at radius 3 is 2.48 bits per heavy atom. The Hall–Kier alpha value is -3.73. The number of nitrogens with zero attached hydrogens (tertiary/aromatic N) is 4. The number of amides is 3. The lowest BCUT2D eigenvalue weighted by Crippen LogP contribution is -2.48. The SMILES string of the molecule is CC(=O)Nc1nc2c(s1)-c1c(c(-c3ccccc3)nn1-c1ccc(NC(=O)NC3CCN(C4CCCC4)CC3)cc1Cl)CC2. The van der Waals surface area contributed by atoms with Crippen LogP contribution in [0.3, 0.4) is 0 Å². The van der Waals surface area contributed by atoms with Crippen molar-refractivity contribution < 1.29 is 9.59 Å². The zero-order valence-corrected chi connectivity index (χ0v) is 26.3. The summed E-state index contributed by atoms with van der Waals surface area (Å²) < 4.78 is 1.88. The monoisotopic (exact) mass is 629 g/mol. The highest BCUT2D eigenvalue weighted by Crippen LogP contribution is 2.45. The molecule has 9 nitrogen and oxygen atoms in total. The van der Waals surface area contributed by atoms with Crippen molar-refractivity contribution in [3.05, 3.63) is 64.8 Å². The van der Waals surface area contributed by atoms with Gasteiger partial charge in [0, 0.05) is 48.9 Å². The van der Waals surface area contributed by atoms with E-state index in [1.165, 1.54) is 43.9 Å². The maximum atomic E-state index is 12.9. The number of anilines is 2. The van der Waals surface area contributed by atoms with E-state index >= 15 is 0 Å². The number of carbonyl (C=O) groups excluding carboxylic acids is 2. The first-order valence-corrected chi connectivity index (χ1v) is 16.7. The Morgan fingerprint density at radius 2 is 1.75 bits per heavy atom. The molecule has 11 heteroatoms. The number of hydrogen-bond acceptors (Lipinski definition) is 6. The minimum absolute atomic E-state index is 0.153. The smallest absolute Gasteiger partial charge is 0.319 e. The fraction of sp³-hybridized carbons (Fsp3) is 0.394. The minimum Gasteiger partial charge on any atom is -0.335 e. The van der Waals surface area contributed by atoms with Crippen LogP contribution in [0.25, 0.3) is 27.5 Å². The third kappa shape index (κ3) is 5.86. The van der Waals surface area contributed by atoms with Gasteiger partial charge in [0.25, 0.3) is 0 Å². The fourth-order valence-corrected chi connectivity index (χ4v) is 8.24. The number of hydrogen-bond donors (Lipinski definition) is 3. The van der Waals surface area contributed by atoms with Gasteiger partial charge in [-0.25, -0.2) is 14.5 Å². The van der Waals surface area contributed by atoms with Crippen molar-refractivity contribution >= 4 is 45.7 Å². The first kappa shape index (κ1) is 29.0. The highest BCUT2D eigenvalue weighted by Gasteiger charge is 2.31. The molecule has 3 amide bonds. The molecule has 2 aliphatic carbocycles. The van der Waals surface area contributed by atoms with Crippen molar-refractivity contribution in [2.24, 2.45) is 0 Å². The molecule has 228 valence electrons. The largest absolute Gasteiger partial charge is 0.335 e. The van der Waals surface area contributed by atoms with Crippen molar-refractivity contribution in [2.45, 2.75) is 70.4 Å². The van der Waals surface area contributed by atoms with E-state index in [0.29, 0.717) is 21.5 Å². The zero-order valence-electron chi connectivity index (χ0n) is 24.7. The van der Waals surface area contributed by atoms with Crippen molar-refractivity contribution in [1.82, 2.24) is 25.0 Å². The summed E-state index contributed by atoms with van der Waals surface area (Å²) in [5.41, 5.74) is 6.25. The van der Waals surface area contributed by atoms with E-state index in [4.69, 9.17) is 21.7 Å². The number of aromatic nitrogens is 3. The molecule has 44 heavy (non-hydrogen) atoms. The Morgan fingerprint density at radius 1 is 0.977 bits per heavy atom. The van der Waals surface area contributed by atoms with Gasteiger partial charge in [0.05, 0.1) is 32.7 Å². The van der Waals surface area contributed by atoms with E-state index < -0.39 is 0 Å². The number of nitrogens with one attached hydrogen (secondary N) is 3. The van der Waals surface area contributed by atoms with Crippen LogP contribution in [0.15, 0.2) is 48.5 Å². The Bertz CT molecular complexity index is 1690. The molecule has 4 aromatic rings. The third-order valence-corrected chi connectivity index (χ3v) is 10.3. The molecule has 0 unspecified atom stereocenters. The molecule has 3 N–H and O–H groups in total. The van der Waals surface area contributed by atoms with Crippen LogP contribution in [-0.4, -0.2) is 56.8 Å². The van der Waals surface area contributed by atoms with Crippen LogP contribution in [0, 0.1) is 0 Å². The first-order chi connectivity index (χ1) is 21.4. The number of rotatable bonds is 6. The molecule has 0 atom stereocenters. The molecule has 3 aliphatic rings. The van der Waals surface area contributed by atoms with E-state index in [0.717, 1.165) is 77.9 Å². The number of thiazole rings is 1. The molecule has 1 saturated heterocycles. The summed E-state index contributed by atoms with van der Waals surface area (Å²) in [6, 6.07) is 16.3. The van der Waals surface area contributed by atoms with Crippen LogP contribution in [0.5, 0.6) is 0 Å². The normalized spacial score (nSPS) is 17.2. The minimum atomic E-state index is -0.212. The Labute approximate surface area is 266 Å². The maximum Gasteiger partial charge on any atom is 0.319 e. The van der Waals surface area contributed by atoms with Gasteiger partial charge < -0.3 is 20.9 Å². The van der Waals surface area contributed by atoms with E-state index in [2.05, 4.69) is 33.0 Å². The van der Waals surface area contributed by atoms with Gasteiger partial charge in [0.2, 0.25) is 5.91 Å². The van der Waals surface area contributed by atoms with Crippen LogP contribution in [0.4, 0.5) is 15.6 Å². The summed E-state index contributed by atoms with van der Waals surface area (Å²) >= 11 is 8.36. The topological polar surface area (TPSA) is 104 Å². The molecule has 0 spiro atoms. The van der Waals surface area contributed by atoms with Crippen molar-refractivity contribution in [1.29, 1.82) is 0 Å². The lowest BCUT2D eigenvalue weighted by molar-refractivity contribution is -0.114. The molecule has 2 aromatic heterocycles. The maximum absolute atomic E-state index is 12.9. The Kier molecular flexibility index (Phi) is 8.14. The Balaban J connectivity index is 1.12. The highest BCUT2D eigenvalue weighted by atomic mass is 35.5. The standard InChI is InChI=1S/C33H36ClN7O2S/c1-20(42)35-33-38-27-13-12-25-29(21-7-3-2-4-8-21)39-41(30(25)31(27)44-33)28-14-11-23(19-26(28)34)37-32(43)36-22-15-17-40(18-16-22)24-9-5-6-10-24/h2-4,7-8,11,14,19,22,24H,5-6,9-10,12-13,15-18H2,1H3,(H,35,38,42)(H2,36,37,43). The molecule has 1 aliphatic heterocycles. The van der Waals surface area contributed by atoms with Gasteiger partial charge in [-0.1, -0.05) is 66.1 Å². The fourth-order valence-electron chi connectivity index (χ4n) is 6.86. The molecule has 0 radical (unpaired) electrons. The number of benzene rings is 2. The number of likely N-dealkylation sites (tertiary alicyclic amines) is 1. The number of piperidine rings is 1. The van der Waals surface area contributed by atoms with Crippen molar-refractivity contribution in [3.63, 3.8) is 0 Å². The number of fused-ring (bicyclic) bond motifs is 3. The van der Waals surface area contributed by atoms with Gasteiger partial charge >= 0.3 is 6.03 Å². The van der Waals surface area contributed by atoms with Crippen LogP contribution < -0.4 is 16.0 Å². The summed E-state index contributed by atoms with van der Waals surface area (Å²) in [6.45, 7) is 3.57. The zero-order chi connectivity index (χ0) is 30.2. The number of carbonyl (C=O) groups is 2. The van der Waals surface area contributed by atoms with Crippen LogP contribution in [-0.2, 0) is 17.6 Å². The molecule has 0 bridgehead atoms. The average molecular weight is 630 g/mol. The van der Waals surface area contributed by atoms with E-state index in [9.17, 15) is 9.59 Å². The van der Waals surface area contributed by atoms with Gasteiger partial charge in [-0.05, 0) is 56.7 Å².